The van der Waals surface area contributed by atoms with Crippen molar-refractivity contribution in [2.24, 2.45) is 0 Å². The molecule has 2 aliphatic heterocycles. The Labute approximate surface area is 186 Å². The van der Waals surface area contributed by atoms with Crippen molar-refractivity contribution in [2.75, 3.05) is 31.5 Å². The lowest BCUT2D eigenvalue weighted by Gasteiger charge is -2.32. The van der Waals surface area contributed by atoms with Gasteiger partial charge in [0.2, 0.25) is 0 Å². The van der Waals surface area contributed by atoms with Gasteiger partial charge < -0.3 is 10.2 Å². The number of hydrogen-bond donors (Lipinski definition) is 1. The largest absolute Gasteiger partial charge is 0.366 e. The van der Waals surface area contributed by atoms with E-state index in [0.29, 0.717) is 22.9 Å². The van der Waals surface area contributed by atoms with Crippen molar-refractivity contribution in [1.82, 2.24) is 14.8 Å². The summed E-state index contributed by atoms with van der Waals surface area (Å²) in [5.74, 6) is -1.04. The highest BCUT2D eigenvalue weighted by molar-refractivity contribution is 6.33. The van der Waals surface area contributed by atoms with Crippen LogP contribution in [0.15, 0.2) is 30.5 Å². The summed E-state index contributed by atoms with van der Waals surface area (Å²) in [7, 11) is 0. The molecule has 2 aliphatic rings. The Balaban J connectivity index is 1.30. The Kier molecular flexibility index (Phi) is 7.02. The molecular weight excluding hydrogens is 422 g/mol. The molecule has 31 heavy (non-hydrogen) atoms. The number of nitrogens with zero attached hydrogens (tertiary/aromatic N) is 3. The first-order valence-corrected chi connectivity index (χ1v) is 11.2. The maximum Gasteiger partial charge on any atom is 0.255 e. The molecule has 0 saturated carbocycles. The zero-order valence-corrected chi connectivity index (χ0v) is 18.2. The van der Waals surface area contributed by atoms with Gasteiger partial charge >= 0.3 is 0 Å². The smallest absolute Gasteiger partial charge is 0.255 e. The number of aromatic nitrogens is 1. The molecule has 1 amide bonds. The van der Waals surface area contributed by atoms with E-state index in [4.69, 9.17) is 11.6 Å². The van der Waals surface area contributed by atoms with Gasteiger partial charge in [-0.15, -0.1) is 0 Å². The van der Waals surface area contributed by atoms with E-state index in [9.17, 15) is 13.6 Å². The maximum absolute atomic E-state index is 13.4. The Hall–Kier alpha value is -2.25. The quantitative estimate of drug-likeness (QED) is 0.719. The molecule has 0 bridgehead atoms. The van der Waals surface area contributed by atoms with Crippen LogP contribution in [-0.4, -0.2) is 52.9 Å². The van der Waals surface area contributed by atoms with Crippen molar-refractivity contribution >= 4 is 23.3 Å². The molecule has 2 saturated heterocycles. The molecule has 3 heterocycles. The summed E-state index contributed by atoms with van der Waals surface area (Å²) in [6.45, 7) is 3.84. The highest BCUT2D eigenvalue weighted by Crippen LogP contribution is 2.25. The minimum absolute atomic E-state index is 0.00816. The zero-order chi connectivity index (χ0) is 21.8. The first-order chi connectivity index (χ1) is 15.0. The summed E-state index contributed by atoms with van der Waals surface area (Å²) < 4.78 is 26.5. The number of benzene rings is 1. The van der Waals surface area contributed by atoms with E-state index in [1.54, 1.807) is 18.3 Å². The Bertz CT molecular complexity index is 928. The van der Waals surface area contributed by atoms with Gasteiger partial charge in [-0.3, -0.25) is 9.69 Å². The molecule has 4 rings (SSSR count). The third kappa shape index (κ3) is 5.52. The highest BCUT2D eigenvalue weighted by atomic mass is 35.5. The number of halogens is 3. The van der Waals surface area contributed by atoms with Gasteiger partial charge in [0.1, 0.15) is 5.82 Å². The van der Waals surface area contributed by atoms with E-state index in [1.165, 1.54) is 18.6 Å². The second kappa shape index (κ2) is 9.92. The third-order valence-electron chi connectivity index (χ3n) is 6.05. The first kappa shape index (κ1) is 22.0. The Morgan fingerprint density at radius 2 is 1.81 bits per heavy atom. The third-order valence-corrected chi connectivity index (χ3v) is 6.34. The minimum atomic E-state index is -0.820. The summed E-state index contributed by atoms with van der Waals surface area (Å²) in [6.07, 6.45) is 6.63. The number of piperidine rings is 2. The summed E-state index contributed by atoms with van der Waals surface area (Å²) in [4.78, 5) is 21.1. The summed E-state index contributed by atoms with van der Waals surface area (Å²) in [5.41, 5.74) is 1.29. The molecule has 0 unspecified atom stereocenters. The monoisotopic (exact) mass is 448 g/mol. The SMILES string of the molecule is O=C(c1cnc(NC2CCN(Cc3ccc(F)c(F)c3)CC2)c(Cl)c1)N1CCCCC1. The molecular formula is C23H27ClF2N4O. The lowest BCUT2D eigenvalue weighted by atomic mass is 10.0. The second-order valence-corrected chi connectivity index (χ2v) is 8.76. The van der Waals surface area contributed by atoms with Crippen LogP contribution in [0, 0.1) is 11.6 Å². The van der Waals surface area contributed by atoms with Gasteiger partial charge in [-0.1, -0.05) is 17.7 Å². The highest BCUT2D eigenvalue weighted by Gasteiger charge is 2.22. The predicted octanol–water partition coefficient (Wildman–Crippen LogP) is 4.72. The standard InChI is InChI=1S/C23H27ClF2N4O/c24-19-13-17(23(31)30-8-2-1-3-9-30)14-27-22(19)28-18-6-10-29(11-7-18)15-16-4-5-20(25)21(26)12-16/h4-5,12-14,18H,1-3,6-11,15H2,(H,27,28). The lowest BCUT2D eigenvalue weighted by molar-refractivity contribution is 0.0724. The van der Waals surface area contributed by atoms with Crippen LogP contribution in [-0.2, 0) is 6.54 Å². The van der Waals surface area contributed by atoms with E-state index in [0.717, 1.165) is 57.4 Å². The van der Waals surface area contributed by atoms with Crippen molar-refractivity contribution < 1.29 is 13.6 Å². The van der Waals surface area contributed by atoms with E-state index >= 15 is 0 Å². The van der Waals surface area contributed by atoms with Gasteiger partial charge in [-0.05, 0) is 55.9 Å². The van der Waals surface area contributed by atoms with E-state index < -0.39 is 11.6 Å². The Morgan fingerprint density at radius 1 is 1.06 bits per heavy atom. The minimum Gasteiger partial charge on any atom is -0.366 e. The van der Waals surface area contributed by atoms with E-state index in [-0.39, 0.29) is 11.9 Å². The topological polar surface area (TPSA) is 48.5 Å². The fraction of sp³-hybridized carbons (Fsp3) is 0.478. The van der Waals surface area contributed by atoms with Crippen LogP contribution in [0.25, 0.3) is 0 Å². The maximum atomic E-state index is 13.4. The summed E-state index contributed by atoms with van der Waals surface area (Å²) in [6, 6.07) is 5.98. The Morgan fingerprint density at radius 3 is 2.48 bits per heavy atom. The van der Waals surface area contributed by atoms with E-state index in [1.807, 2.05) is 4.90 Å². The molecule has 0 spiro atoms. The fourth-order valence-electron chi connectivity index (χ4n) is 4.27. The van der Waals surface area contributed by atoms with Crippen LogP contribution in [0.1, 0.15) is 48.0 Å². The van der Waals surface area contributed by atoms with Gasteiger partial charge in [0.15, 0.2) is 11.6 Å². The van der Waals surface area contributed by atoms with Crippen LogP contribution in [0.2, 0.25) is 5.02 Å². The van der Waals surface area contributed by atoms with Crippen LogP contribution >= 0.6 is 11.6 Å². The van der Waals surface area contributed by atoms with Crippen LogP contribution < -0.4 is 5.32 Å². The molecule has 0 aliphatic carbocycles. The molecule has 1 aromatic carbocycles. The predicted molar refractivity (Wildman–Crippen MR) is 117 cm³/mol. The van der Waals surface area contributed by atoms with Crippen LogP contribution in [0.3, 0.4) is 0 Å². The van der Waals surface area contributed by atoms with Crippen molar-refractivity contribution in [3.05, 3.63) is 58.2 Å². The average Bonchev–Trinajstić information content (AvgIpc) is 2.79. The van der Waals surface area contributed by atoms with Crippen molar-refractivity contribution in [3.63, 3.8) is 0 Å². The molecule has 0 radical (unpaired) electrons. The summed E-state index contributed by atoms with van der Waals surface area (Å²) in [5, 5.41) is 3.84. The first-order valence-electron chi connectivity index (χ1n) is 10.9. The van der Waals surface area contributed by atoms with Gasteiger partial charge in [-0.25, -0.2) is 13.8 Å². The van der Waals surface area contributed by atoms with E-state index in [2.05, 4.69) is 15.2 Å². The lowest BCUT2D eigenvalue weighted by Crippen LogP contribution is -2.39. The molecule has 8 heteroatoms. The van der Waals surface area contributed by atoms with Gasteiger partial charge in [-0.2, -0.15) is 0 Å². The second-order valence-electron chi connectivity index (χ2n) is 8.35. The number of hydrogen-bond acceptors (Lipinski definition) is 4. The number of carbonyl (C=O) groups excluding carboxylic acids is 1. The molecule has 2 fully saturated rings. The fourth-order valence-corrected chi connectivity index (χ4v) is 4.49. The number of nitrogens with one attached hydrogen (secondary N) is 1. The number of amides is 1. The van der Waals surface area contributed by atoms with Gasteiger partial charge in [0.25, 0.3) is 5.91 Å². The molecule has 1 aromatic heterocycles. The van der Waals surface area contributed by atoms with Gasteiger partial charge in [0, 0.05) is 45.0 Å². The van der Waals surface area contributed by atoms with Crippen molar-refractivity contribution in [2.45, 2.75) is 44.7 Å². The molecule has 166 valence electrons. The number of carbonyl (C=O) groups is 1. The van der Waals surface area contributed by atoms with Crippen molar-refractivity contribution in [1.29, 1.82) is 0 Å². The van der Waals surface area contributed by atoms with Crippen molar-refractivity contribution in [3.8, 4) is 0 Å². The van der Waals surface area contributed by atoms with Gasteiger partial charge in [0.05, 0.1) is 10.6 Å². The van der Waals surface area contributed by atoms with Crippen LogP contribution in [0.5, 0.6) is 0 Å². The molecule has 1 N–H and O–H groups in total. The molecule has 5 nitrogen and oxygen atoms in total. The molecule has 2 aromatic rings. The number of rotatable bonds is 5. The molecule has 0 atom stereocenters. The summed E-state index contributed by atoms with van der Waals surface area (Å²) >= 11 is 6.42. The average molecular weight is 449 g/mol. The number of pyridine rings is 1. The van der Waals surface area contributed by atoms with Crippen LogP contribution in [0.4, 0.5) is 14.6 Å². The number of anilines is 1. The normalized spacial score (nSPS) is 18.2. The zero-order valence-electron chi connectivity index (χ0n) is 17.4. The number of likely N-dealkylation sites (tertiary alicyclic amines) is 2.